The zero-order chi connectivity index (χ0) is 14.9. The van der Waals surface area contributed by atoms with E-state index in [0.717, 1.165) is 12.1 Å². The number of rotatable bonds is 2. The molecule has 3 nitrogen and oxygen atoms in total. The minimum atomic E-state index is -0.772. The largest absolute Gasteiger partial charge is 0.319 e. The van der Waals surface area contributed by atoms with E-state index in [-0.39, 0.29) is 20.9 Å². The highest BCUT2D eigenvalue weighted by molar-refractivity contribution is 9.10. The van der Waals surface area contributed by atoms with Crippen LogP contribution in [0.2, 0.25) is 5.15 Å². The van der Waals surface area contributed by atoms with Crippen molar-refractivity contribution in [3.63, 3.8) is 0 Å². The van der Waals surface area contributed by atoms with Crippen LogP contribution in [0.4, 0.5) is 14.5 Å². The monoisotopic (exact) mass is 424 g/mol. The SMILES string of the molecule is O=C(Nc1cc(F)c(Br)cc1F)c1cc(Br)cnc1Cl. The second kappa shape index (κ2) is 6.15. The van der Waals surface area contributed by atoms with Gasteiger partial charge in [0.05, 0.1) is 15.7 Å². The number of hydrogen-bond acceptors (Lipinski definition) is 2. The van der Waals surface area contributed by atoms with Gasteiger partial charge in [-0.15, -0.1) is 0 Å². The first kappa shape index (κ1) is 15.3. The molecule has 0 spiro atoms. The maximum absolute atomic E-state index is 13.6. The first-order valence-corrected chi connectivity index (χ1v) is 7.12. The molecule has 1 heterocycles. The van der Waals surface area contributed by atoms with Crippen molar-refractivity contribution in [3.05, 3.63) is 55.7 Å². The van der Waals surface area contributed by atoms with Gasteiger partial charge in [-0.3, -0.25) is 4.79 Å². The van der Waals surface area contributed by atoms with Crippen LogP contribution < -0.4 is 5.32 Å². The Labute approximate surface area is 134 Å². The van der Waals surface area contributed by atoms with Crippen molar-refractivity contribution >= 4 is 55.1 Å². The van der Waals surface area contributed by atoms with Gasteiger partial charge in [-0.2, -0.15) is 0 Å². The van der Waals surface area contributed by atoms with E-state index < -0.39 is 17.5 Å². The third-order valence-corrected chi connectivity index (χ3v) is 3.65. The van der Waals surface area contributed by atoms with Crippen LogP contribution in [0, 0.1) is 11.6 Å². The normalized spacial score (nSPS) is 10.4. The minimum Gasteiger partial charge on any atom is -0.319 e. The van der Waals surface area contributed by atoms with Crippen molar-refractivity contribution in [3.8, 4) is 0 Å². The van der Waals surface area contributed by atoms with Gasteiger partial charge in [0.25, 0.3) is 5.91 Å². The first-order valence-electron chi connectivity index (χ1n) is 5.15. The number of nitrogens with zero attached hydrogens (tertiary/aromatic N) is 1. The van der Waals surface area contributed by atoms with Gasteiger partial charge in [0, 0.05) is 16.7 Å². The summed E-state index contributed by atoms with van der Waals surface area (Å²) < 4.78 is 27.5. The van der Waals surface area contributed by atoms with Crippen LogP contribution in [-0.2, 0) is 0 Å². The Bertz CT molecular complexity index is 697. The van der Waals surface area contributed by atoms with Crippen molar-refractivity contribution in [2.45, 2.75) is 0 Å². The Morgan fingerprint density at radius 1 is 1.20 bits per heavy atom. The molecule has 8 heteroatoms. The van der Waals surface area contributed by atoms with Gasteiger partial charge < -0.3 is 5.32 Å². The van der Waals surface area contributed by atoms with Crippen LogP contribution in [-0.4, -0.2) is 10.9 Å². The summed E-state index contributed by atoms with van der Waals surface area (Å²) in [7, 11) is 0. The second-order valence-corrected chi connectivity index (χ2v) is 5.82. The fraction of sp³-hybridized carbons (Fsp3) is 0. The van der Waals surface area contributed by atoms with Gasteiger partial charge in [0.2, 0.25) is 0 Å². The molecule has 0 aliphatic rings. The number of hydrogen-bond donors (Lipinski definition) is 1. The van der Waals surface area contributed by atoms with E-state index >= 15 is 0 Å². The number of nitrogens with one attached hydrogen (secondary N) is 1. The van der Waals surface area contributed by atoms with Gasteiger partial charge in [-0.1, -0.05) is 11.6 Å². The lowest BCUT2D eigenvalue weighted by atomic mass is 10.2. The van der Waals surface area contributed by atoms with Crippen LogP contribution in [0.5, 0.6) is 0 Å². The molecular weight excluding hydrogens is 421 g/mol. The molecule has 0 aliphatic carbocycles. The molecule has 0 fully saturated rings. The molecule has 1 aromatic carbocycles. The Hall–Kier alpha value is -1.05. The molecule has 1 amide bonds. The number of amides is 1. The average Bonchev–Trinajstić information content (AvgIpc) is 2.38. The number of benzene rings is 1. The predicted octanol–water partition coefficient (Wildman–Crippen LogP) is 4.79. The smallest absolute Gasteiger partial charge is 0.258 e. The average molecular weight is 426 g/mol. The minimum absolute atomic E-state index is 0.0323. The quantitative estimate of drug-likeness (QED) is 0.554. The number of pyridine rings is 1. The Morgan fingerprint density at radius 3 is 2.60 bits per heavy atom. The third-order valence-electron chi connectivity index (χ3n) is 2.31. The molecule has 2 aromatic rings. The van der Waals surface area contributed by atoms with Crippen LogP contribution in [0.25, 0.3) is 0 Å². The van der Waals surface area contributed by atoms with E-state index in [9.17, 15) is 13.6 Å². The van der Waals surface area contributed by atoms with Crippen molar-refractivity contribution < 1.29 is 13.6 Å². The Morgan fingerprint density at radius 2 is 1.90 bits per heavy atom. The van der Waals surface area contributed by atoms with Gasteiger partial charge in [0.15, 0.2) is 0 Å². The lowest BCUT2D eigenvalue weighted by Crippen LogP contribution is -2.14. The van der Waals surface area contributed by atoms with Crippen LogP contribution in [0.1, 0.15) is 10.4 Å². The molecule has 1 aromatic heterocycles. The molecule has 1 N–H and O–H groups in total. The summed E-state index contributed by atoms with van der Waals surface area (Å²) in [4.78, 5) is 15.8. The summed E-state index contributed by atoms with van der Waals surface area (Å²) in [6.45, 7) is 0. The van der Waals surface area contributed by atoms with Crippen molar-refractivity contribution in [2.24, 2.45) is 0 Å². The number of anilines is 1. The van der Waals surface area contributed by atoms with E-state index in [0.29, 0.717) is 4.47 Å². The van der Waals surface area contributed by atoms with Crippen LogP contribution in [0.3, 0.4) is 0 Å². The predicted molar refractivity (Wildman–Crippen MR) is 79.0 cm³/mol. The lowest BCUT2D eigenvalue weighted by Gasteiger charge is -2.08. The maximum atomic E-state index is 13.6. The highest BCUT2D eigenvalue weighted by atomic mass is 79.9. The summed E-state index contributed by atoms with van der Waals surface area (Å²) in [6.07, 6.45) is 1.42. The summed E-state index contributed by atoms with van der Waals surface area (Å²) in [6, 6.07) is 3.22. The number of aromatic nitrogens is 1. The van der Waals surface area contributed by atoms with Gasteiger partial charge in [0.1, 0.15) is 16.8 Å². The maximum Gasteiger partial charge on any atom is 0.258 e. The van der Waals surface area contributed by atoms with Gasteiger partial charge in [-0.25, -0.2) is 13.8 Å². The zero-order valence-electron chi connectivity index (χ0n) is 9.55. The first-order chi connectivity index (χ1) is 9.38. The van der Waals surface area contributed by atoms with E-state index in [2.05, 4.69) is 42.2 Å². The summed E-state index contributed by atoms with van der Waals surface area (Å²) in [5, 5.41) is 2.20. The van der Waals surface area contributed by atoms with Crippen LogP contribution in [0.15, 0.2) is 33.3 Å². The van der Waals surface area contributed by atoms with Crippen molar-refractivity contribution in [1.82, 2.24) is 4.98 Å². The zero-order valence-corrected chi connectivity index (χ0v) is 13.5. The van der Waals surface area contributed by atoms with Crippen molar-refractivity contribution in [1.29, 1.82) is 0 Å². The van der Waals surface area contributed by atoms with Crippen molar-refractivity contribution in [2.75, 3.05) is 5.32 Å². The Kier molecular flexibility index (Phi) is 4.72. The summed E-state index contributed by atoms with van der Waals surface area (Å²) in [5.41, 5.74) is -0.240. The summed E-state index contributed by atoms with van der Waals surface area (Å²) >= 11 is 11.8. The van der Waals surface area contributed by atoms with Gasteiger partial charge in [-0.05, 0) is 44.0 Å². The molecule has 0 saturated heterocycles. The summed E-state index contributed by atoms with van der Waals surface area (Å²) in [5.74, 6) is -2.16. The highest BCUT2D eigenvalue weighted by Gasteiger charge is 2.16. The molecule has 0 unspecified atom stereocenters. The molecule has 2 rings (SSSR count). The highest BCUT2D eigenvalue weighted by Crippen LogP contribution is 2.25. The van der Waals surface area contributed by atoms with E-state index in [1.165, 1.54) is 12.3 Å². The number of carbonyl (C=O) groups is 1. The number of carbonyl (C=O) groups excluding carboxylic acids is 1. The van der Waals surface area contributed by atoms with E-state index in [1.54, 1.807) is 0 Å². The van der Waals surface area contributed by atoms with Crippen LogP contribution >= 0.6 is 43.5 Å². The molecular formula is C12H5Br2ClF2N2O. The fourth-order valence-electron chi connectivity index (χ4n) is 1.39. The molecule has 0 saturated carbocycles. The molecule has 20 heavy (non-hydrogen) atoms. The standard InChI is InChI=1S/C12H5Br2ClF2N2O/c13-5-1-6(11(15)18-4-5)12(20)19-10-3-8(16)7(14)2-9(10)17/h1-4H,(H,19,20). The molecule has 0 radical (unpaired) electrons. The lowest BCUT2D eigenvalue weighted by molar-refractivity contribution is 0.102. The van der Waals surface area contributed by atoms with Gasteiger partial charge >= 0.3 is 0 Å². The number of halogens is 5. The molecule has 104 valence electrons. The third kappa shape index (κ3) is 3.34. The van der Waals surface area contributed by atoms with E-state index in [4.69, 9.17) is 11.6 Å². The second-order valence-electron chi connectivity index (χ2n) is 3.69. The Balaban J connectivity index is 2.32. The fourth-order valence-corrected chi connectivity index (χ4v) is 2.23. The molecule has 0 bridgehead atoms. The molecule has 0 atom stereocenters. The molecule has 0 aliphatic heterocycles. The topological polar surface area (TPSA) is 42.0 Å². The van der Waals surface area contributed by atoms with E-state index in [1.807, 2.05) is 0 Å².